The zero-order valence-corrected chi connectivity index (χ0v) is 21.2. The molecule has 204 valence electrons. The molecule has 9 heteroatoms. The Morgan fingerprint density at radius 2 is 1.29 bits per heavy atom. The van der Waals surface area contributed by atoms with Gasteiger partial charge >= 0.3 is 12.4 Å². The van der Waals surface area contributed by atoms with E-state index in [2.05, 4.69) is 18.7 Å². The van der Waals surface area contributed by atoms with E-state index in [4.69, 9.17) is 0 Å². The van der Waals surface area contributed by atoms with Gasteiger partial charge in [-0.2, -0.15) is 26.3 Å². The zero-order valence-electron chi connectivity index (χ0n) is 21.2. The summed E-state index contributed by atoms with van der Waals surface area (Å²) >= 11 is 0. The Kier molecular flexibility index (Phi) is 9.60. The van der Waals surface area contributed by atoms with Crippen molar-refractivity contribution in [3.05, 3.63) is 101 Å². The molecule has 0 atom stereocenters. The van der Waals surface area contributed by atoms with Crippen LogP contribution in [0.4, 0.5) is 32.0 Å². The van der Waals surface area contributed by atoms with Crippen LogP contribution in [0.5, 0.6) is 0 Å². The summed E-state index contributed by atoms with van der Waals surface area (Å²) in [6, 6.07) is 16.5. The Hall–Kier alpha value is -3.33. The fraction of sp³-hybridized carbons (Fsp3) is 0.345. The molecule has 3 nitrogen and oxygen atoms in total. The van der Waals surface area contributed by atoms with Crippen molar-refractivity contribution in [1.82, 2.24) is 4.90 Å². The molecule has 0 aliphatic rings. The first-order valence-corrected chi connectivity index (χ1v) is 12.4. The van der Waals surface area contributed by atoms with Crippen LogP contribution in [0.1, 0.15) is 52.9 Å². The predicted molar refractivity (Wildman–Crippen MR) is 136 cm³/mol. The Morgan fingerprint density at radius 3 is 1.79 bits per heavy atom. The number of hydrogen-bond donors (Lipinski definition) is 0. The van der Waals surface area contributed by atoms with E-state index >= 15 is 0 Å². The normalized spacial score (nSPS) is 12.1. The second-order valence-electron chi connectivity index (χ2n) is 8.97. The van der Waals surface area contributed by atoms with Gasteiger partial charge in [-0.25, -0.2) is 0 Å². The average molecular weight is 537 g/mol. The third-order valence-corrected chi connectivity index (χ3v) is 6.34. The topological polar surface area (TPSA) is 23.6 Å². The molecule has 0 saturated carbocycles. The zero-order chi connectivity index (χ0) is 27.9. The number of nitrogens with zero attached hydrogens (tertiary/aromatic N) is 2. The lowest BCUT2D eigenvalue weighted by molar-refractivity contribution is -0.143. The fourth-order valence-electron chi connectivity index (χ4n) is 4.20. The minimum absolute atomic E-state index is 0.0832. The second-order valence-corrected chi connectivity index (χ2v) is 8.97. The molecule has 0 heterocycles. The van der Waals surface area contributed by atoms with Crippen LogP contribution in [0.3, 0.4) is 0 Å². The predicted octanol–water partition coefficient (Wildman–Crippen LogP) is 7.85. The molecule has 0 saturated heterocycles. The first-order valence-electron chi connectivity index (χ1n) is 12.4. The second kappa shape index (κ2) is 12.5. The first-order chi connectivity index (χ1) is 17.9. The monoisotopic (exact) mass is 536 g/mol. The van der Waals surface area contributed by atoms with E-state index in [0.717, 1.165) is 38.0 Å². The highest BCUT2D eigenvalue weighted by atomic mass is 19.4. The van der Waals surface area contributed by atoms with Crippen molar-refractivity contribution >= 4 is 11.6 Å². The van der Waals surface area contributed by atoms with Gasteiger partial charge in [0.05, 0.1) is 17.7 Å². The number of benzene rings is 3. The van der Waals surface area contributed by atoms with Gasteiger partial charge in [-0.15, -0.1) is 0 Å². The van der Waals surface area contributed by atoms with Gasteiger partial charge < -0.3 is 9.80 Å². The van der Waals surface area contributed by atoms with Crippen molar-refractivity contribution in [2.45, 2.75) is 45.6 Å². The van der Waals surface area contributed by atoms with Crippen molar-refractivity contribution in [3.63, 3.8) is 0 Å². The number of amides is 1. The number of rotatable bonds is 10. The Morgan fingerprint density at radius 1 is 0.737 bits per heavy atom. The molecule has 0 aromatic heterocycles. The Labute approximate surface area is 218 Å². The summed E-state index contributed by atoms with van der Waals surface area (Å²) < 4.78 is 80.5. The van der Waals surface area contributed by atoms with Gasteiger partial charge in [0.1, 0.15) is 0 Å². The van der Waals surface area contributed by atoms with Crippen LogP contribution in [-0.2, 0) is 25.3 Å². The molecule has 0 spiro atoms. The maximum Gasteiger partial charge on any atom is 0.416 e. The molecular formula is C29H30F6N2O. The number of carbonyl (C=O) groups excluding carboxylic acids is 1. The van der Waals surface area contributed by atoms with Crippen molar-refractivity contribution in [2.24, 2.45) is 0 Å². The molecule has 3 aromatic carbocycles. The number of halogens is 6. The van der Waals surface area contributed by atoms with Crippen LogP contribution in [0.15, 0.2) is 72.8 Å². The molecule has 0 N–H and O–H groups in total. The van der Waals surface area contributed by atoms with Gasteiger partial charge in [0, 0.05) is 11.3 Å². The van der Waals surface area contributed by atoms with Crippen LogP contribution < -0.4 is 4.90 Å². The number of anilines is 1. The first kappa shape index (κ1) is 29.2. The molecule has 38 heavy (non-hydrogen) atoms. The van der Waals surface area contributed by atoms with Crippen molar-refractivity contribution in [1.29, 1.82) is 0 Å². The minimum Gasteiger partial charge on any atom is -0.304 e. The van der Waals surface area contributed by atoms with Gasteiger partial charge in [-0.3, -0.25) is 4.79 Å². The van der Waals surface area contributed by atoms with Crippen molar-refractivity contribution < 1.29 is 31.1 Å². The van der Waals surface area contributed by atoms with Gasteiger partial charge in [0.15, 0.2) is 0 Å². The highest BCUT2D eigenvalue weighted by molar-refractivity contribution is 6.06. The van der Waals surface area contributed by atoms with Gasteiger partial charge in [-0.1, -0.05) is 44.2 Å². The summed E-state index contributed by atoms with van der Waals surface area (Å²) in [6.07, 6.45) is -8.22. The van der Waals surface area contributed by atoms with E-state index < -0.39 is 35.9 Å². The van der Waals surface area contributed by atoms with Crippen LogP contribution in [-0.4, -0.2) is 30.4 Å². The highest BCUT2D eigenvalue weighted by Crippen LogP contribution is 2.37. The average Bonchev–Trinajstić information content (AvgIpc) is 2.89. The summed E-state index contributed by atoms with van der Waals surface area (Å²) in [6.45, 7) is 6.57. The largest absolute Gasteiger partial charge is 0.416 e. The number of aryl methyl sites for hydroxylation is 1. The summed E-state index contributed by atoms with van der Waals surface area (Å²) in [4.78, 5) is 16.9. The lowest BCUT2D eigenvalue weighted by Gasteiger charge is -2.25. The third-order valence-electron chi connectivity index (χ3n) is 6.34. The summed E-state index contributed by atoms with van der Waals surface area (Å²) in [7, 11) is 0. The van der Waals surface area contributed by atoms with E-state index in [1.165, 1.54) is 4.90 Å². The Bertz CT molecular complexity index is 1150. The molecule has 0 aliphatic carbocycles. The van der Waals surface area contributed by atoms with Crippen LogP contribution in [0, 0.1) is 0 Å². The standard InChI is InChI=1S/C29H30F6N2O/c1-3-36(4-2)16-8-9-21-12-14-26(15-13-21)37(27(38)23-10-6-5-7-11-23)20-22-17-24(28(30,31)32)19-25(18-22)29(33,34)35/h5-7,10-15,17-19H,3-4,8-9,16,20H2,1-2H3. The lowest BCUT2D eigenvalue weighted by atomic mass is 10.0. The maximum atomic E-state index is 13.4. The molecule has 0 aliphatic heterocycles. The molecule has 0 bridgehead atoms. The number of carbonyl (C=O) groups is 1. The molecule has 0 fully saturated rings. The fourth-order valence-corrected chi connectivity index (χ4v) is 4.20. The van der Waals surface area contributed by atoms with E-state index in [0.29, 0.717) is 17.8 Å². The van der Waals surface area contributed by atoms with Crippen molar-refractivity contribution in [2.75, 3.05) is 24.5 Å². The molecule has 0 unspecified atom stereocenters. The summed E-state index contributed by atoms with van der Waals surface area (Å²) in [5.74, 6) is -0.536. The number of alkyl halides is 6. The van der Waals surface area contributed by atoms with E-state index in [1.807, 2.05) is 12.1 Å². The Balaban J connectivity index is 1.94. The van der Waals surface area contributed by atoms with E-state index in [-0.39, 0.29) is 17.2 Å². The molecule has 0 radical (unpaired) electrons. The van der Waals surface area contributed by atoms with Gasteiger partial charge in [-0.05, 0) is 86.1 Å². The van der Waals surface area contributed by atoms with Crippen molar-refractivity contribution in [3.8, 4) is 0 Å². The highest BCUT2D eigenvalue weighted by Gasteiger charge is 2.37. The molecule has 3 aromatic rings. The molecule has 3 rings (SSSR count). The van der Waals surface area contributed by atoms with Crippen LogP contribution in [0.2, 0.25) is 0 Å². The van der Waals surface area contributed by atoms with Gasteiger partial charge in [0.2, 0.25) is 0 Å². The van der Waals surface area contributed by atoms with Gasteiger partial charge in [0.25, 0.3) is 5.91 Å². The number of hydrogen-bond acceptors (Lipinski definition) is 2. The smallest absolute Gasteiger partial charge is 0.304 e. The lowest BCUT2D eigenvalue weighted by Crippen LogP contribution is -2.30. The maximum absolute atomic E-state index is 13.4. The molecular weight excluding hydrogens is 506 g/mol. The third kappa shape index (κ3) is 7.84. The summed E-state index contributed by atoms with van der Waals surface area (Å²) in [5.41, 5.74) is -1.46. The van der Waals surface area contributed by atoms with Crippen LogP contribution in [0.25, 0.3) is 0 Å². The molecule has 1 amide bonds. The quantitative estimate of drug-likeness (QED) is 0.247. The van der Waals surface area contributed by atoms with Crippen LogP contribution >= 0.6 is 0 Å². The minimum atomic E-state index is -4.98. The van der Waals surface area contributed by atoms with E-state index in [1.54, 1.807) is 42.5 Å². The van der Waals surface area contributed by atoms with E-state index in [9.17, 15) is 31.1 Å². The SMILES string of the molecule is CCN(CC)CCCc1ccc(N(Cc2cc(C(F)(F)F)cc(C(F)(F)F)c2)C(=O)c2ccccc2)cc1. The summed E-state index contributed by atoms with van der Waals surface area (Å²) in [5, 5.41) is 0.